The third-order valence-corrected chi connectivity index (χ3v) is 4.91. The van der Waals surface area contributed by atoms with E-state index in [-0.39, 0.29) is 0 Å². The topological polar surface area (TPSA) is 57.6 Å². The first-order chi connectivity index (χ1) is 7.69. The van der Waals surface area contributed by atoms with Crippen LogP contribution in [0.25, 0.3) is 0 Å². The van der Waals surface area contributed by atoms with Crippen molar-refractivity contribution >= 4 is 46.8 Å². The molecular weight excluding hydrogens is 285 g/mol. The fourth-order valence-corrected chi connectivity index (χ4v) is 3.72. The molecule has 1 atom stereocenters. The molecule has 1 rings (SSSR count). The van der Waals surface area contributed by atoms with Gasteiger partial charge in [0, 0.05) is 5.75 Å². The number of rotatable bonds is 3. The summed E-state index contributed by atoms with van der Waals surface area (Å²) in [6.07, 6.45) is 0.324. The number of thioether (sulfide) groups is 1. The number of carboxylic acids is 1. The molecule has 17 heavy (non-hydrogen) atoms. The molecule has 1 amide bonds. The monoisotopic (exact) mass is 299 g/mol. The van der Waals surface area contributed by atoms with Crippen molar-refractivity contribution in [3.05, 3.63) is 0 Å². The predicted octanol–water partition coefficient (Wildman–Crippen LogP) is 2.33. The van der Waals surface area contributed by atoms with E-state index in [9.17, 15) is 14.7 Å². The molecule has 1 fully saturated rings. The predicted molar refractivity (Wildman–Crippen MR) is 69.5 cm³/mol. The van der Waals surface area contributed by atoms with Crippen molar-refractivity contribution in [2.24, 2.45) is 0 Å². The first kappa shape index (κ1) is 14.9. The van der Waals surface area contributed by atoms with Gasteiger partial charge in [0.15, 0.2) is 10.4 Å². The maximum absolute atomic E-state index is 12.0. The van der Waals surface area contributed by atoms with Gasteiger partial charge in [-0.25, -0.2) is 4.79 Å². The van der Waals surface area contributed by atoms with E-state index < -0.39 is 27.1 Å². The lowest BCUT2D eigenvalue weighted by atomic mass is 9.94. The average molecular weight is 300 g/mol. The number of amides is 1. The minimum atomic E-state index is -1.24. The minimum Gasteiger partial charge on any atom is -0.479 e. The molecule has 4 nitrogen and oxygen atoms in total. The number of alkyl halides is 2. The summed E-state index contributed by atoms with van der Waals surface area (Å²) in [5, 5.41) is 9.40. The molecule has 1 aliphatic rings. The summed E-state index contributed by atoms with van der Waals surface area (Å²) in [6, 6.07) is 0. The third-order valence-electron chi connectivity index (χ3n) is 3.02. The number of nitrogens with zero attached hydrogens (tertiary/aromatic N) is 1. The molecule has 0 aromatic carbocycles. The zero-order valence-electron chi connectivity index (χ0n) is 9.87. The van der Waals surface area contributed by atoms with Crippen LogP contribution in [-0.2, 0) is 9.59 Å². The van der Waals surface area contributed by atoms with Crippen LogP contribution in [0.5, 0.6) is 0 Å². The van der Waals surface area contributed by atoms with Gasteiger partial charge in [0.05, 0.1) is 4.87 Å². The van der Waals surface area contributed by atoms with Crippen LogP contribution in [-0.4, -0.2) is 42.9 Å². The summed E-state index contributed by atoms with van der Waals surface area (Å²) in [5.74, 6) is -1.22. The van der Waals surface area contributed by atoms with Crippen molar-refractivity contribution in [3.63, 3.8) is 0 Å². The number of carboxylic acid groups (broad SMARTS) is 1. The molecule has 0 saturated carbocycles. The Bertz CT molecular complexity index is 348. The number of carbonyl (C=O) groups excluding carboxylic acids is 1. The second-order valence-electron chi connectivity index (χ2n) is 4.40. The fourth-order valence-electron chi connectivity index (χ4n) is 2.08. The molecule has 0 aliphatic carbocycles. The molecule has 0 radical (unpaired) electrons. The lowest BCUT2D eigenvalue weighted by Gasteiger charge is -2.40. The lowest BCUT2D eigenvalue weighted by Crippen LogP contribution is -2.60. The van der Waals surface area contributed by atoms with E-state index in [2.05, 4.69) is 0 Å². The maximum atomic E-state index is 12.0. The van der Waals surface area contributed by atoms with Gasteiger partial charge in [0.2, 0.25) is 0 Å². The third kappa shape index (κ3) is 2.37. The van der Waals surface area contributed by atoms with E-state index >= 15 is 0 Å². The van der Waals surface area contributed by atoms with Gasteiger partial charge < -0.3 is 10.0 Å². The molecule has 0 aromatic rings. The first-order valence-corrected chi connectivity index (χ1v) is 7.04. The van der Waals surface area contributed by atoms with Crippen LogP contribution in [0.1, 0.15) is 27.2 Å². The van der Waals surface area contributed by atoms with Gasteiger partial charge in [-0.15, -0.1) is 11.8 Å². The summed E-state index contributed by atoms with van der Waals surface area (Å²) in [4.78, 5) is 23.0. The Balaban J connectivity index is 3.24. The van der Waals surface area contributed by atoms with Crippen LogP contribution in [0.3, 0.4) is 0 Å². The highest BCUT2D eigenvalue weighted by Gasteiger charge is 2.57. The second kappa shape index (κ2) is 4.86. The van der Waals surface area contributed by atoms with Gasteiger partial charge in [-0.3, -0.25) is 4.79 Å². The molecule has 0 spiro atoms. The largest absolute Gasteiger partial charge is 0.479 e. The van der Waals surface area contributed by atoms with Gasteiger partial charge in [-0.2, -0.15) is 0 Å². The average Bonchev–Trinajstić information content (AvgIpc) is 2.49. The SMILES string of the molecule is CCC1(C(=O)O)CSC(C)(C)N1C(=O)C(Cl)Cl. The van der Waals surface area contributed by atoms with E-state index in [4.69, 9.17) is 23.2 Å². The standard InChI is InChI=1S/C10H15Cl2NO3S/c1-4-10(8(15)16)5-17-9(2,3)13(10)7(14)6(11)12/h6H,4-5H2,1-3H3,(H,15,16). The van der Waals surface area contributed by atoms with E-state index in [1.807, 2.05) is 0 Å². The smallest absolute Gasteiger partial charge is 0.330 e. The van der Waals surface area contributed by atoms with Gasteiger partial charge in [0.25, 0.3) is 5.91 Å². The van der Waals surface area contributed by atoms with Crippen molar-refractivity contribution in [3.8, 4) is 0 Å². The van der Waals surface area contributed by atoms with Gasteiger partial charge in [-0.05, 0) is 20.3 Å². The summed E-state index contributed by atoms with van der Waals surface area (Å²) >= 11 is 12.6. The van der Waals surface area contributed by atoms with Gasteiger partial charge in [-0.1, -0.05) is 30.1 Å². The van der Waals surface area contributed by atoms with Crippen LogP contribution in [0.2, 0.25) is 0 Å². The van der Waals surface area contributed by atoms with Crippen molar-refractivity contribution in [1.29, 1.82) is 0 Å². The lowest BCUT2D eigenvalue weighted by molar-refractivity contribution is -0.159. The fraction of sp³-hybridized carbons (Fsp3) is 0.800. The molecular formula is C10H15Cl2NO3S. The zero-order valence-corrected chi connectivity index (χ0v) is 12.2. The molecule has 1 N–H and O–H groups in total. The van der Waals surface area contributed by atoms with E-state index in [1.54, 1.807) is 20.8 Å². The second-order valence-corrected chi connectivity index (χ2v) is 7.07. The Morgan fingerprint density at radius 1 is 1.47 bits per heavy atom. The number of carbonyl (C=O) groups is 2. The Hall–Kier alpha value is -0.130. The zero-order chi connectivity index (χ0) is 13.4. The number of halogens is 2. The van der Waals surface area contributed by atoms with Crippen molar-refractivity contribution < 1.29 is 14.7 Å². The Kier molecular flexibility index (Phi) is 4.27. The van der Waals surface area contributed by atoms with Crippen molar-refractivity contribution in [2.45, 2.75) is 42.4 Å². The highest BCUT2D eigenvalue weighted by molar-refractivity contribution is 8.00. The summed E-state index contributed by atoms with van der Waals surface area (Å²) in [7, 11) is 0. The maximum Gasteiger partial charge on any atom is 0.330 e. The van der Waals surface area contributed by atoms with Crippen LogP contribution >= 0.6 is 35.0 Å². The Morgan fingerprint density at radius 2 is 2.00 bits per heavy atom. The minimum absolute atomic E-state index is 0.324. The van der Waals surface area contributed by atoms with Gasteiger partial charge >= 0.3 is 5.97 Å². The van der Waals surface area contributed by atoms with Crippen LogP contribution in [0.15, 0.2) is 0 Å². The quantitative estimate of drug-likeness (QED) is 0.813. The van der Waals surface area contributed by atoms with E-state index in [0.29, 0.717) is 12.2 Å². The van der Waals surface area contributed by atoms with Crippen LogP contribution in [0.4, 0.5) is 0 Å². The number of hydrogen-bond donors (Lipinski definition) is 1. The van der Waals surface area contributed by atoms with Crippen LogP contribution < -0.4 is 0 Å². The van der Waals surface area contributed by atoms with Gasteiger partial charge in [0.1, 0.15) is 0 Å². The molecule has 1 unspecified atom stereocenters. The van der Waals surface area contributed by atoms with Crippen molar-refractivity contribution in [2.75, 3.05) is 5.75 Å². The Labute approximate surface area is 115 Å². The highest BCUT2D eigenvalue weighted by atomic mass is 35.5. The molecule has 0 bridgehead atoms. The van der Waals surface area contributed by atoms with E-state index in [1.165, 1.54) is 16.7 Å². The van der Waals surface area contributed by atoms with Crippen LogP contribution in [0, 0.1) is 0 Å². The summed E-state index contributed by atoms with van der Waals surface area (Å²) < 4.78 is 0. The number of aliphatic carboxylic acids is 1. The molecule has 1 aliphatic heterocycles. The molecule has 98 valence electrons. The molecule has 1 saturated heterocycles. The van der Waals surface area contributed by atoms with Crippen molar-refractivity contribution in [1.82, 2.24) is 4.90 Å². The summed E-state index contributed by atoms with van der Waals surface area (Å²) in [5.41, 5.74) is -1.22. The number of hydrogen-bond acceptors (Lipinski definition) is 3. The first-order valence-electron chi connectivity index (χ1n) is 5.18. The molecule has 7 heteroatoms. The Morgan fingerprint density at radius 3 is 2.35 bits per heavy atom. The molecule has 0 aromatic heterocycles. The normalized spacial score (nSPS) is 27.5. The van der Waals surface area contributed by atoms with E-state index in [0.717, 1.165) is 0 Å². The highest BCUT2D eigenvalue weighted by Crippen LogP contribution is 2.47. The molecule has 1 heterocycles. The summed E-state index contributed by atoms with van der Waals surface area (Å²) in [6.45, 7) is 5.34.